The molecule has 0 aliphatic carbocycles. The molecule has 0 saturated carbocycles. The van der Waals surface area contributed by atoms with Crippen molar-refractivity contribution in [2.45, 2.75) is 44.8 Å². The maximum absolute atomic E-state index is 13.3. The molecule has 144 valence electrons. The predicted octanol–water partition coefficient (Wildman–Crippen LogP) is 2.07. The highest BCUT2D eigenvalue weighted by Crippen LogP contribution is 2.28. The Labute approximate surface area is 160 Å². The van der Waals surface area contributed by atoms with Gasteiger partial charge in [-0.1, -0.05) is 30.3 Å². The highest BCUT2D eigenvalue weighted by atomic mass is 16.2. The number of nitrogens with zero attached hydrogens (tertiary/aromatic N) is 5. The van der Waals surface area contributed by atoms with Crippen molar-refractivity contribution < 1.29 is 4.79 Å². The van der Waals surface area contributed by atoms with Gasteiger partial charge < -0.3 is 15.1 Å². The van der Waals surface area contributed by atoms with Crippen LogP contribution in [0.15, 0.2) is 30.5 Å². The minimum atomic E-state index is -0.0212. The number of aromatic nitrogens is 3. The first-order chi connectivity index (χ1) is 13.2. The van der Waals surface area contributed by atoms with Gasteiger partial charge in [-0.2, -0.15) is 0 Å². The maximum atomic E-state index is 13.3. The molecule has 27 heavy (non-hydrogen) atoms. The average Bonchev–Trinajstić information content (AvgIpc) is 3.16. The SMILES string of the molecule is CC[C@@H]1CN(C)c2ccccc2CN1C(=O)c1cn(C2CCNCC2)nn1. The summed E-state index contributed by atoms with van der Waals surface area (Å²) in [5.74, 6) is -0.0212. The van der Waals surface area contributed by atoms with E-state index in [-0.39, 0.29) is 11.9 Å². The third kappa shape index (κ3) is 3.56. The summed E-state index contributed by atoms with van der Waals surface area (Å²) in [6, 6.07) is 8.81. The van der Waals surface area contributed by atoms with E-state index >= 15 is 0 Å². The molecule has 1 fully saturated rings. The number of anilines is 1. The Kier molecular flexibility index (Phi) is 5.11. The van der Waals surface area contributed by atoms with Crippen molar-refractivity contribution in [2.24, 2.45) is 0 Å². The predicted molar refractivity (Wildman–Crippen MR) is 105 cm³/mol. The minimum absolute atomic E-state index is 0.0212. The zero-order chi connectivity index (χ0) is 18.8. The molecule has 1 N–H and O–H groups in total. The van der Waals surface area contributed by atoms with E-state index < -0.39 is 0 Å². The van der Waals surface area contributed by atoms with Crippen LogP contribution in [0.4, 0.5) is 5.69 Å². The Balaban J connectivity index is 1.59. The number of para-hydroxylation sites is 1. The van der Waals surface area contributed by atoms with Crippen LogP contribution in [0.25, 0.3) is 0 Å². The van der Waals surface area contributed by atoms with E-state index in [4.69, 9.17) is 0 Å². The number of likely N-dealkylation sites (N-methyl/N-ethyl adjacent to an activating group) is 1. The van der Waals surface area contributed by atoms with Gasteiger partial charge in [0, 0.05) is 31.9 Å². The number of fused-ring (bicyclic) bond motifs is 1. The molecular weight excluding hydrogens is 340 g/mol. The van der Waals surface area contributed by atoms with Gasteiger partial charge in [0.25, 0.3) is 5.91 Å². The second-order valence-corrected chi connectivity index (χ2v) is 7.57. The van der Waals surface area contributed by atoms with E-state index in [0.29, 0.717) is 18.3 Å². The summed E-state index contributed by atoms with van der Waals surface area (Å²) in [6.07, 6.45) is 4.80. The number of hydrogen-bond acceptors (Lipinski definition) is 5. The highest BCUT2D eigenvalue weighted by molar-refractivity contribution is 5.92. The number of hydrogen-bond donors (Lipinski definition) is 1. The molecule has 3 heterocycles. The Morgan fingerprint density at radius 3 is 2.81 bits per heavy atom. The van der Waals surface area contributed by atoms with Gasteiger partial charge in [-0.25, -0.2) is 4.68 Å². The molecule has 7 heteroatoms. The van der Waals surface area contributed by atoms with E-state index in [0.717, 1.165) is 38.9 Å². The molecule has 4 rings (SSSR count). The Bertz CT molecular complexity index is 797. The number of carbonyl (C=O) groups excluding carboxylic acids is 1. The van der Waals surface area contributed by atoms with E-state index in [1.807, 2.05) is 21.8 Å². The van der Waals surface area contributed by atoms with E-state index in [1.54, 1.807) is 0 Å². The topological polar surface area (TPSA) is 66.3 Å². The highest BCUT2D eigenvalue weighted by Gasteiger charge is 2.31. The fraction of sp³-hybridized carbons (Fsp3) is 0.550. The van der Waals surface area contributed by atoms with Crippen LogP contribution in [-0.2, 0) is 6.54 Å². The summed E-state index contributed by atoms with van der Waals surface area (Å²) < 4.78 is 1.88. The Morgan fingerprint density at radius 1 is 1.26 bits per heavy atom. The van der Waals surface area contributed by atoms with Crippen molar-refractivity contribution in [3.63, 3.8) is 0 Å². The van der Waals surface area contributed by atoms with Gasteiger partial charge in [-0.15, -0.1) is 5.10 Å². The van der Waals surface area contributed by atoms with Crippen LogP contribution in [0.2, 0.25) is 0 Å². The molecule has 0 bridgehead atoms. The van der Waals surface area contributed by atoms with Crippen molar-refractivity contribution in [2.75, 3.05) is 31.6 Å². The molecule has 2 aromatic rings. The molecule has 1 saturated heterocycles. The maximum Gasteiger partial charge on any atom is 0.276 e. The molecule has 0 unspecified atom stereocenters. The number of amides is 1. The molecule has 1 atom stereocenters. The van der Waals surface area contributed by atoms with Crippen LogP contribution in [0.3, 0.4) is 0 Å². The fourth-order valence-corrected chi connectivity index (χ4v) is 4.20. The van der Waals surface area contributed by atoms with Crippen LogP contribution in [0.1, 0.15) is 48.3 Å². The number of benzene rings is 1. The molecule has 0 radical (unpaired) electrons. The van der Waals surface area contributed by atoms with Crippen molar-refractivity contribution in [3.8, 4) is 0 Å². The van der Waals surface area contributed by atoms with E-state index in [9.17, 15) is 4.79 Å². The van der Waals surface area contributed by atoms with Crippen LogP contribution in [0.5, 0.6) is 0 Å². The lowest BCUT2D eigenvalue weighted by atomic mass is 10.1. The first-order valence-electron chi connectivity index (χ1n) is 9.90. The summed E-state index contributed by atoms with van der Waals surface area (Å²) in [6.45, 7) is 5.54. The molecule has 7 nitrogen and oxygen atoms in total. The first-order valence-corrected chi connectivity index (χ1v) is 9.90. The van der Waals surface area contributed by atoms with Crippen molar-refractivity contribution >= 4 is 11.6 Å². The third-order valence-corrected chi connectivity index (χ3v) is 5.81. The second-order valence-electron chi connectivity index (χ2n) is 7.57. The third-order valence-electron chi connectivity index (χ3n) is 5.81. The van der Waals surface area contributed by atoms with Gasteiger partial charge in [0.05, 0.1) is 12.2 Å². The lowest BCUT2D eigenvalue weighted by Gasteiger charge is -2.30. The number of rotatable bonds is 3. The monoisotopic (exact) mass is 368 g/mol. The largest absolute Gasteiger partial charge is 0.372 e. The lowest BCUT2D eigenvalue weighted by molar-refractivity contribution is 0.0661. The Hall–Kier alpha value is -2.41. The van der Waals surface area contributed by atoms with Crippen molar-refractivity contribution in [1.29, 1.82) is 0 Å². The molecule has 1 aromatic carbocycles. The van der Waals surface area contributed by atoms with Crippen LogP contribution in [0, 0.1) is 0 Å². The summed E-state index contributed by atoms with van der Waals surface area (Å²) >= 11 is 0. The smallest absolute Gasteiger partial charge is 0.276 e. The normalized spacial score (nSPS) is 21.0. The molecule has 2 aliphatic rings. The quantitative estimate of drug-likeness (QED) is 0.898. The zero-order valence-corrected chi connectivity index (χ0v) is 16.1. The van der Waals surface area contributed by atoms with Crippen LogP contribution < -0.4 is 10.2 Å². The van der Waals surface area contributed by atoms with Gasteiger partial charge in [0.15, 0.2) is 5.69 Å². The average molecular weight is 368 g/mol. The van der Waals surface area contributed by atoms with Gasteiger partial charge in [-0.3, -0.25) is 4.79 Å². The summed E-state index contributed by atoms with van der Waals surface area (Å²) in [5.41, 5.74) is 2.83. The standard InChI is InChI=1S/C20H28N6O/c1-3-16-13-24(2)19-7-5-4-6-15(19)12-25(16)20(27)18-14-26(23-22-18)17-8-10-21-11-9-17/h4-7,14,16-17,21H,3,8-13H2,1-2H3/t16-/m1/s1. The van der Waals surface area contributed by atoms with E-state index in [1.165, 1.54) is 11.3 Å². The number of nitrogens with one attached hydrogen (secondary N) is 1. The van der Waals surface area contributed by atoms with Crippen LogP contribution in [-0.4, -0.2) is 58.5 Å². The van der Waals surface area contributed by atoms with E-state index in [2.05, 4.69) is 52.7 Å². The Morgan fingerprint density at radius 2 is 2.04 bits per heavy atom. The number of piperidine rings is 1. The lowest BCUT2D eigenvalue weighted by Crippen LogP contribution is -2.43. The molecule has 1 amide bonds. The molecular formula is C20H28N6O. The summed E-state index contributed by atoms with van der Waals surface area (Å²) in [7, 11) is 2.10. The van der Waals surface area contributed by atoms with Crippen LogP contribution >= 0.6 is 0 Å². The van der Waals surface area contributed by atoms with Crippen molar-refractivity contribution in [1.82, 2.24) is 25.2 Å². The summed E-state index contributed by atoms with van der Waals surface area (Å²) in [4.78, 5) is 17.5. The van der Waals surface area contributed by atoms with Gasteiger partial charge in [-0.05, 0) is 44.0 Å². The van der Waals surface area contributed by atoms with Gasteiger partial charge in [0.2, 0.25) is 0 Å². The van der Waals surface area contributed by atoms with Crippen molar-refractivity contribution in [3.05, 3.63) is 41.7 Å². The minimum Gasteiger partial charge on any atom is -0.372 e. The number of carbonyl (C=O) groups is 1. The van der Waals surface area contributed by atoms with Gasteiger partial charge in [0.1, 0.15) is 0 Å². The molecule has 2 aliphatic heterocycles. The molecule has 0 spiro atoms. The second kappa shape index (κ2) is 7.68. The molecule has 1 aromatic heterocycles. The first kappa shape index (κ1) is 18.0. The van der Waals surface area contributed by atoms with Gasteiger partial charge >= 0.3 is 0 Å². The summed E-state index contributed by atoms with van der Waals surface area (Å²) in [5, 5.41) is 11.9. The zero-order valence-electron chi connectivity index (χ0n) is 16.1. The fourth-order valence-electron chi connectivity index (χ4n) is 4.20.